The lowest BCUT2D eigenvalue weighted by molar-refractivity contribution is -0.131. The highest BCUT2D eigenvalue weighted by molar-refractivity contribution is 6.11. The van der Waals surface area contributed by atoms with Gasteiger partial charge in [-0.25, -0.2) is 4.79 Å². The highest BCUT2D eigenvalue weighted by Crippen LogP contribution is 2.29. The molecule has 5 heteroatoms. The molecule has 5 nitrogen and oxygen atoms in total. The Kier molecular flexibility index (Phi) is 4.18. The van der Waals surface area contributed by atoms with E-state index in [-0.39, 0.29) is 5.91 Å². The molecule has 4 aromatic rings. The number of carboxylic acid groups (broad SMARTS) is 1. The summed E-state index contributed by atoms with van der Waals surface area (Å²) in [4.78, 5) is 23.3. The lowest BCUT2D eigenvalue weighted by Crippen LogP contribution is -2.11. The highest BCUT2D eigenvalue weighted by Gasteiger charge is 2.11. The molecule has 1 aromatic heterocycles. The molecular formula is C22H15NO4. The molecular weight excluding hydrogens is 342 g/mol. The molecule has 3 aromatic carbocycles. The summed E-state index contributed by atoms with van der Waals surface area (Å²) in [6.07, 6.45) is 2.53. The van der Waals surface area contributed by atoms with E-state index in [1.165, 1.54) is 6.08 Å². The van der Waals surface area contributed by atoms with Gasteiger partial charge in [-0.05, 0) is 48.0 Å². The Morgan fingerprint density at radius 3 is 2.56 bits per heavy atom. The van der Waals surface area contributed by atoms with E-state index in [2.05, 4.69) is 5.32 Å². The molecule has 0 aliphatic carbocycles. The summed E-state index contributed by atoms with van der Waals surface area (Å²) in [5, 5.41) is 13.4. The number of carbonyl (C=O) groups excluding carboxylic acids is 1. The second-order valence-electron chi connectivity index (χ2n) is 6.06. The first kappa shape index (κ1) is 16.6. The van der Waals surface area contributed by atoms with Crippen molar-refractivity contribution in [2.24, 2.45) is 0 Å². The van der Waals surface area contributed by atoms with Crippen LogP contribution < -0.4 is 5.32 Å². The van der Waals surface area contributed by atoms with Crippen LogP contribution in [0.1, 0.15) is 15.9 Å². The first-order valence-electron chi connectivity index (χ1n) is 8.34. The van der Waals surface area contributed by atoms with Gasteiger partial charge in [0, 0.05) is 28.1 Å². The number of rotatable bonds is 4. The van der Waals surface area contributed by atoms with Gasteiger partial charge in [0.2, 0.25) is 0 Å². The van der Waals surface area contributed by atoms with Gasteiger partial charge in [-0.2, -0.15) is 0 Å². The zero-order valence-corrected chi connectivity index (χ0v) is 14.2. The van der Waals surface area contributed by atoms with E-state index in [0.29, 0.717) is 16.8 Å². The van der Waals surface area contributed by atoms with Crippen molar-refractivity contribution in [2.75, 3.05) is 5.32 Å². The molecule has 0 saturated carbocycles. The molecule has 0 unspecified atom stereocenters. The van der Waals surface area contributed by atoms with Gasteiger partial charge in [0.15, 0.2) is 0 Å². The van der Waals surface area contributed by atoms with Crippen molar-refractivity contribution in [1.82, 2.24) is 0 Å². The summed E-state index contributed by atoms with van der Waals surface area (Å²) in [5.74, 6) is -1.27. The Hall–Kier alpha value is -3.86. The van der Waals surface area contributed by atoms with Crippen LogP contribution in [0.5, 0.6) is 0 Å². The average molecular weight is 357 g/mol. The average Bonchev–Trinajstić information content (AvgIpc) is 3.04. The first-order valence-corrected chi connectivity index (χ1v) is 8.34. The highest BCUT2D eigenvalue weighted by atomic mass is 16.4. The third-order valence-electron chi connectivity index (χ3n) is 4.20. The van der Waals surface area contributed by atoms with Crippen molar-refractivity contribution in [1.29, 1.82) is 0 Å². The molecule has 0 bridgehead atoms. The zero-order valence-electron chi connectivity index (χ0n) is 14.2. The van der Waals surface area contributed by atoms with Gasteiger partial charge in [-0.1, -0.05) is 30.3 Å². The molecule has 0 radical (unpaired) electrons. The van der Waals surface area contributed by atoms with Gasteiger partial charge in [0.1, 0.15) is 11.2 Å². The summed E-state index contributed by atoms with van der Waals surface area (Å²) in [7, 11) is 0. The standard InChI is InChI=1S/C22H15NO4/c24-21(25)11-8-14-4-3-5-16(12-14)23-22(26)15-9-10-20-18(13-15)17-6-1-2-7-19(17)27-20/h1-13H,(H,23,26)(H,24,25). The molecule has 4 rings (SSSR count). The van der Waals surface area contributed by atoms with Crippen molar-refractivity contribution in [2.45, 2.75) is 0 Å². The first-order chi connectivity index (χ1) is 13.1. The molecule has 0 saturated heterocycles. The Morgan fingerprint density at radius 1 is 0.889 bits per heavy atom. The predicted octanol–water partition coefficient (Wildman–Crippen LogP) is 4.94. The van der Waals surface area contributed by atoms with Gasteiger partial charge < -0.3 is 14.8 Å². The van der Waals surface area contributed by atoms with Crippen molar-refractivity contribution in [3.05, 3.63) is 83.9 Å². The van der Waals surface area contributed by atoms with Crippen LogP contribution >= 0.6 is 0 Å². The largest absolute Gasteiger partial charge is 0.478 e. The van der Waals surface area contributed by atoms with Crippen LogP contribution in [0.25, 0.3) is 28.0 Å². The molecule has 0 fully saturated rings. The normalized spacial score (nSPS) is 11.3. The Morgan fingerprint density at radius 2 is 1.70 bits per heavy atom. The molecule has 0 spiro atoms. The van der Waals surface area contributed by atoms with Crippen LogP contribution in [0.15, 0.2) is 77.2 Å². The number of furan rings is 1. The molecule has 27 heavy (non-hydrogen) atoms. The minimum atomic E-state index is -1.02. The lowest BCUT2D eigenvalue weighted by Gasteiger charge is -2.06. The summed E-state index contributed by atoms with van der Waals surface area (Å²) in [5.41, 5.74) is 3.30. The molecule has 0 aliphatic heterocycles. The number of carboxylic acids is 1. The maximum absolute atomic E-state index is 12.6. The molecule has 132 valence electrons. The number of benzene rings is 3. The van der Waals surface area contributed by atoms with Crippen LogP contribution in [0, 0.1) is 0 Å². The van der Waals surface area contributed by atoms with Crippen LogP contribution in [-0.4, -0.2) is 17.0 Å². The number of nitrogens with one attached hydrogen (secondary N) is 1. The van der Waals surface area contributed by atoms with E-state index in [1.54, 1.807) is 36.4 Å². The van der Waals surface area contributed by atoms with Crippen molar-refractivity contribution in [3.63, 3.8) is 0 Å². The number of fused-ring (bicyclic) bond motifs is 3. The minimum absolute atomic E-state index is 0.249. The van der Waals surface area contributed by atoms with Crippen LogP contribution in [0.2, 0.25) is 0 Å². The van der Waals surface area contributed by atoms with Crippen LogP contribution in [-0.2, 0) is 4.79 Å². The van der Waals surface area contributed by atoms with Gasteiger partial charge in [0.05, 0.1) is 0 Å². The second-order valence-corrected chi connectivity index (χ2v) is 6.06. The second kappa shape index (κ2) is 6.80. The fourth-order valence-electron chi connectivity index (χ4n) is 2.96. The van der Waals surface area contributed by atoms with E-state index >= 15 is 0 Å². The predicted molar refractivity (Wildman–Crippen MR) is 105 cm³/mol. The summed E-state index contributed by atoms with van der Waals surface area (Å²) < 4.78 is 5.78. The number of para-hydroxylation sites is 1. The van der Waals surface area contributed by atoms with Crippen LogP contribution in [0.3, 0.4) is 0 Å². The summed E-state index contributed by atoms with van der Waals surface area (Å²) in [6, 6.07) is 20.0. The lowest BCUT2D eigenvalue weighted by atomic mass is 10.1. The van der Waals surface area contributed by atoms with E-state index in [1.807, 2.05) is 30.3 Å². The zero-order chi connectivity index (χ0) is 18.8. The number of amides is 1. The van der Waals surface area contributed by atoms with Crippen molar-refractivity contribution in [3.8, 4) is 0 Å². The van der Waals surface area contributed by atoms with Gasteiger partial charge in [-0.3, -0.25) is 4.79 Å². The topological polar surface area (TPSA) is 79.5 Å². The van der Waals surface area contributed by atoms with E-state index < -0.39 is 5.97 Å². The smallest absolute Gasteiger partial charge is 0.328 e. The van der Waals surface area contributed by atoms with Gasteiger partial charge >= 0.3 is 5.97 Å². The summed E-state index contributed by atoms with van der Waals surface area (Å²) >= 11 is 0. The maximum Gasteiger partial charge on any atom is 0.328 e. The number of hydrogen-bond donors (Lipinski definition) is 2. The Labute approximate surface area is 154 Å². The third-order valence-corrected chi connectivity index (χ3v) is 4.20. The Balaban J connectivity index is 1.62. The maximum atomic E-state index is 12.6. The van der Waals surface area contributed by atoms with Crippen molar-refractivity contribution < 1.29 is 19.1 Å². The van der Waals surface area contributed by atoms with Crippen LogP contribution in [0.4, 0.5) is 5.69 Å². The molecule has 2 N–H and O–H groups in total. The Bertz CT molecular complexity index is 1200. The summed E-state index contributed by atoms with van der Waals surface area (Å²) in [6.45, 7) is 0. The monoisotopic (exact) mass is 357 g/mol. The quantitative estimate of drug-likeness (QED) is 0.507. The van der Waals surface area contributed by atoms with E-state index in [4.69, 9.17) is 9.52 Å². The minimum Gasteiger partial charge on any atom is -0.478 e. The SMILES string of the molecule is O=C(O)C=Cc1cccc(NC(=O)c2ccc3oc4ccccc4c3c2)c1. The molecule has 1 amide bonds. The van der Waals surface area contributed by atoms with Gasteiger partial charge in [0.25, 0.3) is 5.91 Å². The fraction of sp³-hybridized carbons (Fsp3) is 0. The molecule has 1 heterocycles. The third kappa shape index (κ3) is 3.43. The number of carbonyl (C=O) groups is 2. The van der Waals surface area contributed by atoms with E-state index in [0.717, 1.165) is 28.0 Å². The van der Waals surface area contributed by atoms with Gasteiger partial charge in [-0.15, -0.1) is 0 Å². The van der Waals surface area contributed by atoms with Crippen molar-refractivity contribution >= 4 is 45.6 Å². The number of anilines is 1. The number of aliphatic carboxylic acids is 1. The molecule has 0 atom stereocenters. The molecule has 0 aliphatic rings. The fourth-order valence-corrected chi connectivity index (χ4v) is 2.96. The van der Waals surface area contributed by atoms with E-state index in [9.17, 15) is 9.59 Å². The number of hydrogen-bond acceptors (Lipinski definition) is 3.